The number of nitriles is 1. The summed E-state index contributed by atoms with van der Waals surface area (Å²) < 4.78 is 2.49. The molecule has 0 N–H and O–H groups in total. The molecule has 1 fully saturated rings. The average Bonchev–Trinajstić information content (AvgIpc) is 3.18. The van der Waals surface area contributed by atoms with Crippen molar-refractivity contribution in [2.75, 3.05) is 0 Å². The molecule has 25 heavy (non-hydrogen) atoms. The van der Waals surface area contributed by atoms with Crippen molar-refractivity contribution in [1.29, 1.82) is 5.26 Å². The third-order valence-electron chi connectivity index (χ3n) is 6.82. The van der Waals surface area contributed by atoms with Crippen molar-refractivity contribution in [2.24, 2.45) is 5.92 Å². The Balaban J connectivity index is 2.02. The van der Waals surface area contributed by atoms with E-state index in [9.17, 15) is 0 Å². The zero-order valence-corrected chi connectivity index (χ0v) is 15.8. The number of hydrogen-bond donors (Lipinski definition) is 0. The Morgan fingerprint density at radius 1 is 1.16 bits per heavy atom. The lowest BCUT2D eigenvalue weighted by Crippen LogP contribution is -2.52. The van der Waals surface area contributed by atoms with Crippen molar-refractivity contribution >= 4 is 0 Å². The number of rotatable bonds is 5. The molecule has 1 aromatic carbocycles. The molecule has 3 rings (SSSR count). The first-order chi connectivity index (χ1) is 12.1. The lowest BCUT2D eigenvalue weighted by molar-refractivity contribution is 0.0370. The summed E-state index contributed by atoms with van der Waals surface area (Å²) in [5.74, 6) is 0.542. The van der Waals surface area contributed by atoms with E-state index < -0.39 is 0 Å². The average molecular weight is 335 g/mol. The molecule has 2 nitrogen and oxygen atoms in total. The molecule has 0 spiro atoms. The summed E-state index contributed by atoms with van der Waals surface area (Å²) in [6.07, 6.45) is 12.0. The number of unbranched alkanes of at least 4 members (excludes halogenated alkanes) is 1. The Morgan fingerprint density at radius 2 is 1.84 bits per heavy atom. The Hall–Kier alpha value is -2.01. The number of benzene rings is 1. The van der Waals surface area contributed by atoms with Gasteiger partial charge in [-0.2, -0.15) is 5.26 Å². The second-order valence-corrected chi connectivity index (χ2v) is 7.98. The van der Waals surface area contributed by atoms with Gasteiger partial charge in [-0.1, -0.05) is 52.2 Å². The van der Waals surface area contributed by atoms with E-state index in [1.165, 1.54) is 44.1 Å². The molecule has 0 bridgehead atoms. The smallest absolute Gasteiger partial charge is 0.0991 e. The number of nitrogens with zero attached hydrogens (tertiary/aromatic N) is 2. The van der Waals surface area contributed by atoms with E-state index in [1.54, 1.807) is 0 Å². The van der Waals surface area contributed by atoms with Gasteiger partial charge in [-0.15, -0.1) is 0 Å². The van der Waals surface area contributed by atoms with Gasteiger partial charge in [0.25, 0.3) is 0 Å². The second-order valence-electron chi connectivity index (χ2n) is 7.98. The van der Waals surface area contributed by atoms with E-state index >= 15 is 0 Å². The number of aromatic nitrogens is 1. The summed E-state index contributed by atoms with van der Waals surface area (Å²) in [5, 5.41) is 9.11. The molecule has 1 heterocycles. The van der Waals surface area contributed by atoms with Crippen LogP contribution in [0.3, 0.4) is 0 Å². The van der Waals surface area contributed by atoms with Crippen LogP contribution in [0.25, 0.3) is 0 Å². The van der Waals surface area contributed by atoms with Crippen molar-refractivity contribution in [1.82, 2.24) is 4.57 Å². The molecule has 1 aromatic heterocycles. The minimum atomic E-state index is 0.143. The highest BCUT2D eigenvalue weighted by atomic mass is 15.1. The van der Waals surface area contributed by atoms with Gasteiger partial charge in [0.05, 0.1) is 11.6 Å². The maximum atomic E-state index is 9.11. The predicted octanol–water partition coefficient (Wildman–Crippen LogP) is 6.02. The summed E-state index contributed by atoms with van der Waals surface area (Å²) >= 11 is 0. The largest absolute Gasteiger partial charge is 0.348 e. The van der Waals surface area contributed by atoms with Crippen molar-refractivity contribution in [3.8, 4) is 6.07 Å². The molecule has 2 unspecified atom stereocenters. The molecule has 0 saturated heterocycles. The molecule has 2 aromatic rings. The highest BCUT2D eigenvalue weighted by Gasteiger charge is 2.50. The zero-order valence-electron chi connectivity index (χ0n) is 15.8. The Morgan fingerprint density at radius 3 is 2.44 bits per heavy atom. The van der Waals surface area contributed by atoms with Crippen molar-refractivity contribution < 1.29 is 0 Å². The molecule has 2 heteroatoms. The van der Waals surface area contributed by atoms with Crippen LogP contribution in [-0.2, 0) is 11.0 Å². The molecule has 1 aliphatic rings. The SMILES string of the molecule is CCCCC1(n2cccc2)CCCC(C)(c2ccc(C#N)cc2)[C@@H]1C. The summed E-state index contributed by atoms with van der Waals surface area (Å²) in [4.78, 5) is 0. The van der Waals surface area contributed by atoms with Crippen LogP contribution in [0.15, 0.2) is 48.8 Å². The minimum absolute atomic E-state index is 0.143. The topological polar surface area (TPSA) is 28.7 Å². The van der Waals surface area contributed by atoms with Crippen molar-refractivity contribution in [3.05, 3.63) is 59.9 Å². The van der Waals surface area contributed by atoms with Crippen LogP contribution in [0.2, 0.25) is 0 Å². The predicted molar refractivity (Wildman–Crippen MR) is 103 cm³/mol. The molecule has 0 amide bonds. The van der Waals surface area contributed by atoms with Gasteiger partial charge in [0, 0.05) is 17.9 Å². The zero-order chi connectivity index (χ0) is 17.9. The van der Waals surface area contributed by atoms with Crippen LogP contribution in [0, 0.1) is 17.2 Å². The highest BCUT2D eigenvalue weighted by molar-refractivity contribution is 5.36. The van der Waals surface area contributed by atoms with Crippen LogP contribution >= 0.6 is 0 Å². The standard InChI is InChI=1S/C23H30N2/c1-4-5-14-23(25-16-6-7-17-25)15-8-13-22(3,19(23)2)21-11-9-20(18-24)10-12-21/h6-7,9-12,16-17,19H,4-5,8,13-15H2,1-3H3/t19-,22?,23?/m0/s1. The summed E-state index contributed by atoms with van der Waals surface area (Å²) in [7, 11) is 0. The maximum Gasteiger partial charge on any atom is 0.0991 e. The first-order valence-corrected chi connectivity index (χ1v) is 9.71. The van der Waals surface area contributed by atoms with E-state index in [0.29, 0.717) is 5.92 Å². The summed E-state index contributed by atoms with van der Waals surface area (Å²) in [6, 6.07) is 14.9. The molecule has 3 atom stereocenters. The first-order valence-electron chi connectivity index (χ1n) is 9.71. The van der Waals surface area contributed by atoms with Gasteiger partial charge < -0.3 is 4.57 Å². The highest BCUT2D eigenvalue weighted by Crippen LogP contribution is 2.53. The van der Waals surface area contributed by atoms with Crippen molar-refractivity contribution in [2.45, 2.75) is 70.3 Å². The van der Waals surface area contributed by atoms with E-state index in [2.05, 4.69) is 68.1 Å². The maximum absolute atomic E-state index is 9.11. The van der Waals surface area contributed by atoms with E-state index in [1.807, 2.05) is 12.1 Å². The molecule has 1 aliphatic carbocycles. The molecule has 1 saturated carbocycles. The van der Waals surface area contributed by atoms with Gasteiger partial charge in [0.15, 0.2) is 0 Å². The molecule has 132 valence electrons. The van der Waals surface area contributed by atoms with Gasteiger partial charge in [-0.05, 0) is 60.4 Å². The Bertz CT molecular complexity index is 722. The van der Waals surface area contributed by atoms with Crippen LogP contribution < -0.4 is 0 Å². The molecule has 0 radical (unpaired) electrons. The van der Waals surface area contributed by atoms with Crippen molar-refractivity contribution in [3.63, 3.8) is 0 Å². The van der Waals surface area contributed by atoms with Crippen LogP contribution in [0.1, 0.15) is 70.4 Å². The fraction of sp³-hybridized carbons (Fsp3) is 0.522. The molecular weight excluding hydrogens is 304 g/mol. The van der Waals surface area contributed by atoms with Crippen LogP contribution in [0.4, 0.5) is 0 Å². The van der Waals surface area contributed by atoms with E-state index in [4.69, 9.17) is 5.26 Å². The van der Waals surface area contributed by atoms with Gasteiger partial charge >= 0.3 is 0 Å². The minimum Gasteiger partial charge on any atom is -0.348 e. The fourth-order valence-electron chi connectivity index (χ4n) is 5.05. The number of hydrogen-bond acceptors (Lipinski definition) is 1. The normalized spacial score (nSPS) is 29.3. The van der Waals surface area contributed by atoms with Crippen LogP contribution in [0.5, 0.6) is 0 Å². The molecular formula is C23H30N2. The van der Waals surface area contributed by atoms with E-state index in [-0.39, 0.29) is 11.0 Å². The third-order valence-corrected chi connectivity index (χ3v) is 6.82. The van der Waals surface area contributed by atoms with Gasteiger partial charge in [-0.25, -0.2) is 0 Å². The van der Waals surface area contributed by atoms with Crippen LogP contribution in [-0.4, -0.2) is 4.57 Å². The van der Waals surface area contributed by atoms with E-state index in [0.717, 1.165) is 5.56 Å². The summed E-state index contributed by atoms with van der Waals surface area (Å²) in [5.41, 5.74) is 2.47. The Kier molecular flexibility index (Phi) is 5.04. The van der Waals surface area contributed by atoms with Gasteiger partial charge in [0.2, 0.25) is 0 Å². The quantitative estimate of drug-likeness (QED) is 0.657. The first kappa shape index (κ1) is 17.8. The van der Waals surface area contributed by atoms with Gasteiger partial charge in [0.1, 0.15) is 0 Å². The Labute approximate surface area is 152 Å². The third kappa shape index (κ3) is 3.01. The van der Waals surface area contributed by atoms with Gasteiger partial charge in [-0.3, -0.25) is 0 Å². The lowest BCUT2D eigenvalue weighted by atomic mass is 9.56. The lowest BCUT2D eigenvalue weighted by Gasteiger charge is -2.54. The fourth-order valence-corrected chi connectivity index (χ4v) is 5.05. The molecule has 0 aliphatic heterocycles. The summed E-state index contributed by atoms with van der Waals surface area (Å²) in [6.45, 7) is 7.17. The monoisotopic (exact) mass is 334 g/mol. The second kappa shape index (κ2) is 7.08.